The summed E-state index contributed by atoms with van der Waals surface area (Å²) < 4.78 is 16.3. The van der Waals surface area contributed by atoms with E-state index in [-0.39, 0.29) is 23.7 Å². The Morgan fingerprint density at radius 1 is 1.10 bits per heavy atom. The first-order chi connectivity index (χ1) is 14.0. The molecule has 0 aliphatic carbocycles. The molecule has 1 amide bonds. The SMILES string of the molecule is CC(=O)c1cccc(NC(=O)[C@@H](C)Sc2nnc(-c3ccc4c(c3)OCO4)o2)c1. The lowest BCUT2D eigenvalue weighted by Crippen LogP contribution is -2.22. The van der Waals surface area contributed by atoms with E-state index in [0.717, 1.165) is 11.8 Å². The van der Waals surface area contributed by atoms with Crippen LogP contribution < -0.4 is 14.8 Å². The van der Waals surface area contributed by atoms with Gasteiger partial charge in [0.05, 0.1) is 5.25 Å². The summed E-state index contributed by atoms with van der Waals surface area (Å²) in [5, 5.41) is 10.6. The number of carbonyl (C=O) groups is 2. The van der Waals surface area contributed by atoms with Crippen molar-refractivity contribution in [2.45, 2.75) is 24.3 Å². The van der Waals surface area contributed by atoms with Gasteiger partial charge in [-0.05, 0) is 44.2 Å². The molecule has 0 spiro atoms. The highest BCUT2D eigenvalue weighted by atomic mass is 32.2. The summed E-state index contributed by atoms with van der Waals surface area (Å²) in [5.41, 5.74) is 1.79. The Kier molecular flexibility index (Phi) is 5.22. The van der Waals surface area contributed by atoms with E-state index in [2.05, 4.69) is 15.5 Å². The number of fused-ring (bicyclic) bond motifs is 1. The van der Waals surface area contributed by atoms with Gasteiger partial charge < -0.3 is 19.2 Å². The fourth-order valence-corrected chi connectivity index (χ4v) is 3.35. The lowest BCUT2D eigenvalue weighted by molar-refractivity contribution is -0.115. The lowest BCUT2D eigenvalue weighted by atomic mass is 10.1. The Morgan fingerprint density at radius 3 is 2.76 bits per heavy atom. The number of hydrogen-bond acceptors (Lipinski definition) is 8. The van der Waals surface area contributed by atoms with Crippen LogP contribution in [-0.2, 0) is 4.79 Å². The van der Waals surface area contributed by atoms with Gasteiger partial charge in [0.25, 0.3) is 5.22 Å². The Morgan fingerprint density at radius 2 is 1.93 bits per heavy atom. The number of thioether (sulfide) groups is 1. The quantitative estimate of drug-likeness (QED) is 0.483. The van der Waals surface area contributed by atoms with E-state index in [0.29, 0.717) is 34.2 Å². The summed E-state index contributed by atoms with van der Waals surface area (Å²) in [4.78, 5) is 23.9. The Balaban J connectivity index is 1.41. The number of Topliss-reactive ketones (excluding diaryl/α,β-unsaturated/α-hetero) is 1. The van der Waals surface area contributed by atoms with E-state index < -0.39 is 5.25 Å². The predicted octanol–water partition coefficient (Wildman–Crippen LogP) is 3.79. The first-order valence-corrected chi connectivity index (χ1v) is 9.69. The number of hydrogen-bond donors (Lipinski definition) is 1. The van der Waals surface area contributed by atoms with Crippen LogP contribution in [0.4, 0.5) is 5.69 Å². The molecule has 4 rings (SSSR count). The van der Waals surface area contributed by atoms with Gasteiger partial charge in [-0.2, -0.15) is 0 Å². The summed E-state index contributed by atoms with van der Waals surface area (Å²) in [7, 11) is 0. The fourth-order valence-electron chi connectivity index (χ4n) is 2.67. The number of rotatable bonds is 6. The molecule has 1 aliphatic heterocycles. The van der Waals surface area contributed by atoms with Crippen molar-refractivity contribution < 1.29 is 23.5 Å². The number of benzene rings is 2. The summed E-state index contributed by atoms with van der Waals surface area (Å²) in [6, 6.07) is 12.1. The predicted molar refractivity (Wildman–Crippen MR) is 106 cm³/mol. The van der Waals surface area contributed by atoms with E-state index in [1.165, 1.54) is 6.92 Å². The van der Waals surface area contributed by atoms with Crippen molar-refractivity contribution in [3.05, 3.63) is 48.0 Å². The second kappa shape index (κ2) is 7.96. The molecule has 0 bridgehead atoms. The van der Waals surface area contributed by atoms with Gasteiger partial charge in [-0.15, -0.1) is 10.2 Å². The van der Waals surface area contributed by atoms with E-state index in [4.69, 9.17) is 13.9 Å². The molecule has 1 aliphatic rings. The van der Waals surface area contributed by atoms with Crippen LogP contribution in [0.5, 0.6) is 11.5 Å². The van der Waals surface area contributed by atoms with Crippen LogP contribution in [0.3, 0.4) is 0 Å². The number of carbonyl (C=O) groups excluding carboxylic acids is 2. The van der Waals surface area contributed by atoms with Gasteiger partial charge in [0.2, 0.25) is 18.6 Å². The van der Waals surface area contributed by atoms with Crippen molar-refractivity contribution in [3.8, 4) is 23.0 Å². The maximum absolute atomic E-state index is 12.5. The van der Waals surface area contributed by atoms with Crippen LogP contribution in [0.1, 0.15) is 24.2 Å². The second-order valence-corrected chi connectivity index (χ2v) is 7.62. The zero-order valence-electron chi connectivity index (χ0n) is 15.7. The molecule has 3 aromatic rings. The normalized spacial score (nSPS) is 13.2. The third-order valence-corrected chi connectivity index (χ3v) is 5.14. The highest BCUT2D eigenvalue weighted by Gasteiger charge is 2.20. The number of nitrogens with one attached hydrogen (secondary N) is 1. The minimum absolute atomic E-state index is 0.0644. The highest BCUT2D eigenvalue weighted by Crippen LogP contribution is 2.36. The Bertz CT molecular complexity index is 1080. The van der Waals surface area contributed by atoms with Crippen molar-refractivity contribution in [2.75, 3.05) is 12.1 Å². The monoisotopic (exact) mass is 411 g/mol. The van der Waals surface area contributed by atoms with Crippen molar-refractivity contribution in [2.24, 2.45) is 0 Å². The average Bonchev–Trinajstić information content (AvgIpc) is 3.36. The molecule has 9 heteroatoms. The summed E-state index contributed by atoms with van der Waals surface area (Å²) in [6.07, 6.45) is 0. The van der Waals surface area contributed by atoms with E-state index in [1.54, 1.807) is 49.4 Å². The maximum atomic E-state index is 12.5. The van der Waals surface area contributed by atoms with Crippen molar-refractivity contribution >= 4 is 29.1 Å². The number of nitrogens with zero attached hydrogens (tertiary/aromatic N) is 2. The van der Waals surface area contributed by atoms with Gasteiger partial charge in [-0.3, -0.25) is 9.59 Å². The van der Waals surface area contributed by atoms with Crippen molar-refractivity contribution in [1.29, 1.82) is 0 Å². The number of aromatic nitrogens is 2. The Hall–Kier alpha value is -3.33. The van der Waals surface area contributed by atoms with Gasteiger partial charge in [-0.1, -0.05) is 23.9 Å². The molecule has 148 valence electrons. The molecular weight excluding hydrogens is 394 g/mol. The highest BCUT2D eigenvalue weighted by molar-refractivity contribution is 8.00. The number of anilines is 1. The maximum Gasteiger partial charge on any atom is 0.277 e. The van der Waals surface area contributed by atoms with Gasteiger partial charge in [0, 0.05) is 16.8 Å². The summed E-state index contributed by atoms with van der Waals surface area (Å²) in [5.74, 6) is 1.31. The second-order valence-electron chi connectivity index (χ2n) is 6.33. The van der Waals surface area contributed by atoms with Crippen LogP contribution in [-0.4, -0.2) is 33.9 Å². The summed E-state index contributed by atoms with van der Waals surface area (Å²) >= 11 is 1.15. The molecule has 1 atom stereocenters. The molecular formula is C20H17N3O5S. The van der Waals surface area contributed by atoms with Gasteiger partial charge in [0.1, 0.15) is 0 Å². The first kappa shape index (κ1) is 19.0. The third-order valence-electron chi connectivity index (χ3n) is 4.21. The van der Waals surface area contributed by atoms with Crippen LogP contribution in [0.2, 0.25) is 0 Å². The largest absolute Gasteiger partial charge is 0.454 e. The van der Waals surface area contributed by atoms with Crippen LogP contribution in [0.25, 0.3) is 11.5 Å². The number of amides is 1. The lowest BCUT2D eigenvalue weighted by Gasteiger charge is -2.10. The van der Waals surface area contributed by atoms with Crippen LogP contribution in [0.15, 0.2) is 52.1 Å². The zero-order valence-corrected chi connectivity index (χ0v) is 16.5. The molecule has 0 radical (unpaired) electrons. The van der Waals surface area contributed by atoms with Gasteiger partial charge in [0.15, 0.2) is 17.3 Å². The third kappa shape index (κ3) is 4.24. The minimum atomic E-state index is -0.485. The van der Waals surface area contributed by atoms with E-state index in [9.17, 15) is 9.59 Å². The molecule has 2 heterocycles. The molecule has 0 saturated carbocycles. The molecule has 8 nitrogen and oxygen atoms in total. The molecule has 0 fully saturated rings. The molecule has 1 aromatic heterocycles. The molecule has 0 unspecified atom stereocenters. The zero-order chi connectivity index (χ0) is 20.4. The van der Waals surface area contributed by atoms with Crippen LogP contribution in [0, 0.1) is 0 Å². The molecule has 0 saturated heterocycles. The molecule has 29 heavy (non-hydrogen) atoms. The fraction of sp³-hybridized carbons (Fsp3) is 0.200. The standard InChI is InChI=1S/C20H17N3O5S/c1-11(24)13-4-3-5-15(8-13)21-18(25)12(2)29-20-23-22-19(28-20)14-6-7-16-17(9-14)27-10-26-16/h3-9,12H,10H2,1-2H3,(H,21,25)/t12-/m1/s1. The van der Waals surface area contributed by atoms with E-state index >= 15 is 0 Å². The van der Waals surface area contributed by atoms with E-state index in [1.807, 2.05) is 0 Å². The van der Waals surface area contributed by atoms with Gasteiger partial charge >= 0.3 is 0 Å². The number of ketones is 1. The van der Waals surface area contributed by atoms with Crippen molar-refractivity contribution in [1.82, 2.24) is 10.2 Å². The van der Waals surface area contributed by atoms with Gasteiger partial charge in [-0.25, -0.2) is 0 Å². The molecule has 1 N–H and O–H groups in total. The first-order valence-electron chi connectivity index (χ1n) is 8.81. The number of ether oxygens (including phenoxy) is 2. The molecule has 2 aromatic carbocycles. The Labute approximate surface area is 170 Å². The minimum Gasteiger partial charge on any atom is -0.454 e. The van der Waals surface area contributed by atoms with Crippen molar-refractivity contribution in [3.63, 3.8) is 0 Å². The smallest absolute Gasteiger partial charge is 0.277 e. The van der Waals surface area contributed by atoms with Crippen LogP contribution >= 0.6 is 11.8 Å². The summed E-state index contributed by atoms with van der Waals surface area (Å²) in [6.45, 7) is 3.40. The topological polar surface area (TPSA) is 104 Å². The average molecular weight is 411 g/mol.